The monoisotopic (exact) mass is 515 g/mol. The number of ether oxygens (including phenoxy) is 1. The van der Waals surface area contributed by atoms with Crippen LogP contribution in [0.25, 0.3) is 11.3 Å². The Labute approximate surface area is 202 Å². The van der Waals surface area contributed by atoms with Gasteiger partial charge in [-0.15, -0.1) is 16.9 Å². The molecular formula is C22H21ClF3N3O4S. The highest BCUT2D eigenvalue weighted by Gasteiger charge is 2.46. The normalized spacial score (nSPS) is 25.0. The summed E-state index contributed by atoms with van der Waals surface area (Å²) in [5, 5.41) is 39.7. The Bertz CT molecular complexity index is 1110. The summed E-state index contributed by atoms with van der Waals surface area (Å²) in [5.74, 6) is -3.79. The largest absolute Gasteiger partial charge is 0.394 e. The van der Waals surface area contributed by atoms with E-state index in [4.69, 9.17) is 16.3 Å². The predicted molar refractivity (Wildman–Crippen MR) is 120 cm³/mol. The van der Waals surface area contributed by atoms with Gasteiger partial charge in [0.2, 0.25) is 0 Å². The van der Waals surface area contributed by atoms with Crippen LogP contribution in [0, 0.1) is 17.5 Å². The van der Waals surface area contributed by atoms with Crippen molar-refractivity contribution in [2.75, 3.05) is 12.4 Å². The second-order valence-corrected chi connectivity index (χ2v) is 9.42. The number of hydrogen-bond acceptors (Lipinski definition) is 7. The molecule has 2 aromatic carbocycles. The van der Waals surface area contributed by atoms with Gasteiger partial charge in [0.1, 0.15) is 35.5 Å². The van der Waals surface area contributed by atoms with E-state index >= 15 is 0 Å². The van der Waals surface area contributed by atoms with Crippen molar-refractivity contribution in [3.8, 4) is 11.3 Å². The molecule has 0 aliphatic carbocycles. The van der Waals surface area contributed by atoms with Gasteiger partial charge in [-0.25, -0.2) is 17.9 Å². The average Bonchev–Trinajstić information content (AvgIpc) is 3.30. The molecule has 0 saturated carbocycles. The Kier molecular flexibility index (Phi) is 7.80. The standard InChI is InChI=1S/C22H21ClF3N3O4S/c23-13-3-1-11(2-4-13)5-6-34-22-21(32)19(20(31)17(10-30)33-22)29-9-16(27-28-29)12-7-14(24)18(26)15(25)8-12/h1-4,7-9,17,19-22,30-32H,5-6,10H2/t17?,19?,20-,21-,22+/m0/s1. The van der Waals surface area contributed by atoms with E-state index in [1.807, 2.05) is 12.1 Å². The van der Waals surface area contributed by atoms with Gasteiger partial charge >= 0.3 is 0 Å². The van der Waals surface area contributed by atoms with Crippen molar-refractivity contribution in [2.24, 2.45) is 0 Å². The van der Waals surface area contributed by atoms with Crippen LogP contribution < -0.4 is 0 Å². The lowest BCUT2D eigenvalue weighted by Gasteiger charge is -2.41. The molecule has 1 saturated heterocycles. The first kappa shape index (κ1) is 25.0. The fourth-order valence-electron chi connectivity index (χ4n) is 3.72. The van der Waals surface area contributed by atoms with E-state index in [0.29, 0.717) is 17.2 Å². The van der Waals surface area contributed by atoms with Gasteiger partial charge < -0.3 is 20.1 Å². The molecule has 3 aromatic rings. The van der Waals surface area contributed by atoms with Crippen LogP contribution in [0.2, 0.25) is 5.02 Å². The minimum Gasteiger partial charge on any atom is -0.394 e. The van der Waals surface area contributed by atoms with Gasteiger partial charge in [-0.2, -0.15) is 0 Å². The lowest BCUT2D eigenvalue weighted by Crippen LogP contribution is -2.55. The summed E-state index contributed by atoms with van der Waals surface area (Å²) in [7, 11) is 0. The molecule has 1 fully saturated rings. The number of aromatic nitrogens is 3. The summed E-state index contributed by atoms with van der Waals surface area (Å²) in [6, 6.07) is 7.83. The van der Waals surface area contributed by atoms with Crippen molar-refractivity contribution in [3.05, 3.63) is 70.6 Å². The van der Waals surface area contributed by atoms with Crippen molar-refractivity contribution in [3.63, 3.8) is 0 Å². The highest BCUT2D eigenvalue weighted by atomic mass is 35.5. The average molecular weight is 516 g/mol. The fourth-order valence-corrected chi connectivity index (χ4v) is 5.01. The molecule has 0 spiro atoms. The van der Waals surface area contributed by atoms with Crippen LogP contribution in [0.1, 0.15) is 11.6 Å². The van der Waals surface area contributed by atoms with Crippen LogP contribution in [-0.2, 0) is 11.2 Å². The number of halogens is 4. The molecule has 1 aliphatic heterocycles. The summed E-state index contributed by atoms with van der Waals surface area (Å²) < 4.78 is 47.4. The zero-order chi connectivity index (χ0) is 24.4. The number of rotatable bonds is 7. The first-order valence-corrected chi connectivity index (χ1v) is 11.8. The molecule has 12 heteroatoms. The van der Waals surface area contributed by atoms with Crippen molar-refractivity contribution in [1.29, 1.82) is 0 Å². The molecule has 4 rings (SSSR count). The SMILES string of the molecule is OCC1O[C@H](SCCc2ccc(Cl)cc2)[C@@H](O)C(n2cc(-c3cc(F)c(F)c(F)c3)nn2)[C@H]1O. The number of aliphatic hydroxyl groups is 3. The summed E-state index contributed by atoms with van der Waals surface area (Å²) in [4.78, 5) is 0. The highest BCUT2D eigenvalue weighted by molar-refractivity contribution is 7.99. The van der Waals surface area contributed by atoms with Crippen molar-refractivity contribution >= 4 is 23.4 Å². The number of hydrogen-bond donors (Lipinski definition) is 3. The third kappa shape index (κ3) is 5.24. The summed E-state index contributed by atoms with van der Waals surface area (Å²) in [5.41, 5.74) is 0.186. The van der Waals surface area contributed by atoms with Crippen molar-refractivity contribution in [1.82, 2.24) is 15.0 Å². The molecule has 1 aromatic heterocycles. The van der Waals surface area contributed by atoms with Gasteiger partial charge in [0.05, 0.1) is 12.8 Å². The number of nitrogens with zero attached hydrogens (tertiary/aromatic N) is 3. The maximum Gasteiger partial charge on any atom is 0.194 e. The fraction of sp³-hybridized carbons (Fsp3) is 0.364. The van der Waals surface area contributed by atoms with Gasteiger partial charge in [0.15, 0.2) is 17.5 Å². The topological polar surface area (TPSA) is 101 Å². The third-order valence-corrected chi connectivity index (χ3v) is 6.94. The molecule has 182 valence electrons. The first-order chi connectivity index (χ1) is 16.3. The summed E-state index contributed by atoms with van der Waals surface area (Å²) in [6.07, 6.45) is -1.65. The molecule has 0 radical (unpaired) electrons. The number of benzene rings is 2. The molecule has 3 N–H and O–H groups in total. The Morgan fingerprint density at radius 2 is 1.74 bits per heavy atom. The smallest absolute Gasteiger partial charge is 0.194 e. The molecular weight excluding hydrogens is 495 g/mol. The van der Waals surface area contributed by atoms with E-state index in [9.17, 15) is 28.5 Å². The molecule has 2 heterocycles. The van der Waals surface area contributed by atoms with E-state index in [-0.39, 0.29) is 11.3 Å². The predicted octanol–water partition coefficient (Wildman–Crippen LogP) is 2.97. The summed E-state index contributed by atoms with van der Waals surface area (Å²) >= 11 is 7.20. The maximum absolute atomic E-state index is 13.6. The highest BCUT2D eigenvalue weighted by Crippen LogP contribution is 2.35. The van der Waals surface area contributed by atoms with E-state index in [1.165, 1.54) is 18.0 Å². The zero-order valence-corrected chi connectivity index (χ0v) is 19.1. The van der Waals surface area contributed by atoms with Crippen molar-refractivity contribution < 1.29 is 33.2 Å². The van der Waals surface area contributed by atoms with Gasteiger partial charge in [-0.1, -0.05) is 28.9 Å². The van der Waals surface area contributed by atoms with Gasteiger partial charge in [-0.3, -0.25) is 0 Å². The Morgan fingerprint density at radius 3 is 2.38 bits per heavy atom. The van der Waals surface area contributed by atoms with E-state index in [0.717, 1.165) is 22.4 Å². The molecule has 0 bridgehead atoms. The van der Waals surface area contributed by atoms with Crippen LogP contribution in [0.5, 0.6) is 0 Å². The third-order valence-electron chi connectivity index (χ3n) is 5.53. The molecule has 1 aliphatic rings. The lowest BCUT2D eigenvalue weighted by molar-refractivity contribution is -0.178. The van der Waals surface area contributed by atoms with Crippen LogP contribution in [-0.4, -0.2) is 66.4 Å². The minimum atomic E-state index is -1.60. The minimum absolute atomic E-state index is 0.0104. The van der Waals surface area contributed by atoms with Gasteiger partial charge in [0, 0.05) is 10.6 Å². The molecule has 0 amide bonds. The number of aryl methyl sites for hydroxylation is 1. The zero-order valence-electron chi connectivity index (χ0n) is 17.6. The summed E-state index contributed by atoms with van der Waals surface area (Å²) in [6.45, 7) is -0.505. The lowest BCUT2D eigenvalue weighted by atomic mass is 9.97. The van der Waals surface area contributed by atoms with Gasteiger partial charge in [-0.05, 0) is 42.0 Å². The second-order valence-electron chi connectivity index (χ2n) is 7.78. The maximum atomic E-state index is 13.6. The Balaban J connectivity index is 1.51. The number of thioether (sulfide) groups is 1. The quantitative estimate of drug-likeness (QED) is 0.416. The number of aliphatic hydroxyl groups excluding tert-OH is 3. The van der Waals surface area contributed by atoms with Crippen molar-refractivity contribution in [2.45, 2.75) is 36.2 Å². The molecule has 2 unspecified atom stereocenters. The first-order valence-electron chi connectivity index (χ1n) is 10.3. The van der Waals surface area contributed by atoms with E-state index in [1.54, 1.807) is 12.1 Å². The Morgan fingerprint density at radius 1 is 1.06 bits per heavy atom. The van der Waals surface area contributed by atoms with Gasteiger partial charge in [0.25, 0.3) is 0 Å². The second kappa shape index (κ2) is 10.6. The van der Waals surface area contributed by atoms with E-state index < -0.39 is 53.8 Å². The van der Waals surface area contributed by atoms with E-state index in [2.05, 4.69) is 10.3 Å². The molecule has 7 nitrogen and oxygen atoms in total. The van der Waals surface area contributed by atoms with Crippen LogP contribution in [0.3, 0.4) is 0 Å². The molecule has 34 heavy (non-hydrogen) atoms. The van der Waals surface area contributed by atoms with Crippen LogP contribution in [0.15, 0.2) is 42.6 Å². The van der Waals surface area contributed by atoms with Crippen LogP contribution >= 0.6 is 23.4 Å². The van der Waals surface area contributed by atoms with Crippen LogP contribution in [0.4, 0.5) is 13.2 Å². The molecule has 5 atom stereocenters. The Hall–Kier alpha value is -2.15.